The summed E-state index contributed by atoms with van der Waals surface area (Å²) in [6.45, 7) is 1.54. The van der Waals surface area contributed by atoms with Gasteiger partial charge in [-0.1, -0.05) is 0 Å². The van der Waals surface area contributed by atoms with Crippen molar-refractivity contribution in [3.05, 3.63) is 17.5 Å². The van der Waals surface area contributed by atoms with Gasteiger partial charge in [0, 0.05) is 18.2 Å². The van der Waals surface area contributed by atoms with Crippen molar-refractivity contribution in [1.82, 2.24) is 10.2 Å². The molecule has 0 spiro atoms. The van der Waals surface area contributed by atoms with Crippen LogP contribution in [0.25, 0.3) is 0 Å². The van der Waals surface area contributed by atoms with E-state index in [1.807, 2.05) is 0 Å². The van der Waals surface area contributed by atoms with Crippen LogP contribution in [0.5, 0.6) is 0 Å². The monoisotopic (exact) mass is 166 g/mol. The Kier molecular flexibility index (Phi) is 1.91. The highest BCUT2D eigenvalue weighted by Gasteiger charge is 2.19. The van der Waals surface area contributed by atoms with Gasteiger partial charge in [0.1, 0.15) is 5.69 Å². The highest BCUT2D eigenvalue weighted by Crippen LogP contribution is 2.23. The summed E-state index contributed by atoms with van der Waals surface area (Å²) in [5.41, 5.74) is 1.48. The number of H-pyrrole nitrogens is 1. The van der Waals surface area contributed by atoms with E-state index in [1.165, 1.54) is 0 Å². The molecule has 2 rings (SSSR count). The summed E-state index contributed by atoms with van der Waals surface area (Å²) in [5, 5.41) is 6.67. The average molecular weight is 166 g/mol. The lowest BCUT2D eigenvalue weighted by Gasteiger charge is -2.00. The maximum atomic E-state index is 10.3. The van der Waals surface area contributed by atoms with Crippen LogP contribution in [0.2, 0.25) is 0 Å². The second-order valence-corrected chi connectivity index (χ2v) is 2.93. The van der Waals surface area contributed by atoms with Gasteiger partial charge in [0.2, 0.25) is 0 Å². The molecule has 2 heterocycles. The van der Waals surface area contributed by atoms with E-state index in [-0.39, 0.29) is 0 Å². The topological polar surface area (TPSA) is 55.0 Å². The summed E-state index contributed by atoms with van der Waals surface area (Å²) in [7, 11) is 0. The van der Waals surface area contributed by atoms with E-state index in [0.29, 0.717) is 11.6 Å². The smallest absolute Gasteiger partial charge is 0.170 e. The molecule has 0 aliphatic carbocycles. The van der Waals surface area contributed by atoms with Gasteiger partial charge >= 0.3 is 0 Å². The maximum absolute atomic E-state index is 10.3. The minimum atomic E-state index is 0.395. The van der Waals surface area contributed by atoms with Crippen LogP contribution < -0.4 is 0 Å². The molecule has 4 nitrogen and oxygen atoms in total. The molecule has 1 fully saturated rings. The number of aldehydes is 1. The summed E-state index contributed by atoms with van der Waals surface area (Å²) in [6.07, 6.45) is 1.76. The molecule has 0 aromatic carbocycles. The maximum Gasteiger partial charge on any atom is 0.170 e. The third-order valence-corrected chi connectivity index (χ3v) is 2.11. The normalized spacial score (nSPS) is 22.8. The molecule has 1 saturated heterocycles. The third-order valence-electron chi connectivity index (χ3n) is 2.11. The zero-order chi connectivity index (χ0) is 8.39. The van der Waals surface area contributed by atoms with Crippen LogP contribution in [0.1, 0.15) is 28.5 Å². The Bertz CT molecular complexity index is 276. The Morgan fingerprint density at radius 1 is 1.75 bits per heavy atom. The van der Waals surface area contributed by atoms with Crippen molar-refractivity contribution in [2.24, 2.45) is 0 Å². The van der Waals surface area contributed by atoms with Crippen LogP contribution >= 0.6 is 0 Å². The first-order valence-corrected chi connectivity index (χ1v) is 3.98. The number of carbonyl (C=O) groups excluding carboxylic acids is 1. The molecule has 0 radical (unpaired) electrons. The average Bonchev–Trinajstić information content (AvgIpc) is 2.75. The van der Waals surface area contributed by atoms with E-state index in [0.717, 1.165) is 31.6 Å². The minimum Gasteiger partial charge on any atom is -0.381 e. The van der Waals surface area contributed by atoms with Crippen molar-refractivity contribution >= 4 is 6.29 Å². The highest BCUT2D eigenvalue weighted by atomic mass is 16.5. The lowest BCUT2D eigenvalue weighted by atomic mass is 10.1. The second-order valence-electron chi connectivity index (χ2n) is 2.93. The van der Waals surface area contributed by atoms with Gasteiger partial charge in [-0.3, -0.25) is 9.89 Å². The molecule has 1 aliphatic rings. The lowest BCUT2D eigenvalue weighted by molar-refractivity contribution is 0.111. The number of aromatic amines is 1. The van der Waals surface area contributed by atoms with Crippen molar-refractivity contribution in [1.29, 1.82) is 0 Å². The van der Waals surface area contributed by atoms with E-state index in [2.05, 4.69) is 10.2 Å². The molecule has 64 valence electrons. The van der Waals surface area contributed by atoms with Crippen molar-refractivity contribution in [2.45, 2.75) is 12.3 Å². The van der Waals surface area contributed by atoms with Crippen LogP contribution in [0.3, 0.4) is 0 Å². The summed E-state index contributed by atoms with van der Waals surface area (Å²) >= 11 is 0. The molecule has 1 unspecified atom stereocenters. The number of rotatable bonds is 2. The first-order chi connectivity index (χ1) is 5.90. The van der Waals surface area contributed by atoms with Crippen LogP contribution in [0.4, 0.5) is 0 Å². The first kappa shape index (κ1) is 7.49. The van der Waals surface area contributed by atoms with Crippen molar-refractivity contribution in [3.63, 3.8) is 0 Å². The molecule has 0 saturated carbocycles. The molecule has 1 aliphatic heterocycles. The van der Waals surface area contributed by atoms with Gasteiger partial charge < -0.3 is 4.74 Å². The molecule has 1 aromatic rings. The van der Waals surface area contributed by atoms with E-state index in [9.17, 15) is 4.79 Å². The number of nitrogens with one attached hydrogen (secondary N) is 1. The molecule has 1 atom stereocenters. The Morgan fingerprint density at radius 2 is 2.67 bits per heavy atom. The third kappa shape index (κ3) is 1.25. The molecule has 0 amide bonds. The highest BCUT2D eigenvalue weighted by molar-refractivity contribution is 5.71. The van der Waals surface area contributed by atoms with E-state index >= 15 is 0 Å². The molecular formula is C8H10N2O2. The predicted molar refractivity (Wildman–Crippen MR) is 42.2 cm³/mol. The van der Waals surface area contributed by atoms with E-state index in [4.69, 9.17) is 4.74 Å². The molecule has 12 heavy (non-hydrogen) atoms. The quantitative estimate of drug-likeness (QED) is 0.659. The molecule has 0 bridgehead atoms. The number of aromatic nitrogens is 2. The Balaban J connectivity index is 2.16. The summed E-state index contributed by atoms with van der Waals surface area (Å²) in [4.78, 5) is 10.3. The summed E-state index contributed by atoms with van der Waals surface area (Å²) in [6, 6.07) is 1.78. The minimum absolute atomic E-state index is 0.395. The largest absolute Gasteiger partial charge is 0.381 e. The molecule has 4 heteroatoms. The second kappa shape index (κ2) is 3.06. The predicted octanol–water partition coefficient (Wildman–Crippen LogP) is 0.726. The van der Waals surface area contributed by atoms with E-state index < -0.39 is 0 Å². The first-order valence-electron chi connectivity index (χ1n) is 3.98. The zero-order valence-corrected chi connectivity index (χ0v) is 6.62. The zero-order valence-electron chi connectivity index (χ0n) is 6.62. The Labute approximate surface area is 69.9 Å². The van der Waals surface area contributed by atoms with Gasteiger partial charge in [-0.2, -0.15) is 5.10 Å². The Hall–Kier alpha value is -1.16. The lowest BCUT2D eigenvalue weighted by Crippen LogP contribution is -1.97. The van der Waals surface area contributed by atoms with Crippen LogP contribution in [0.15, 0.2) is 6.07 Å². The van der Waals surface area contributed by atoms with Crippen LogP contribution in [0, 0.1) is 0 Å². The molecule has 1 N–H and O–H groups in total. The van der Waals surface area contributed by atoms with Gasteiger partial charge in [0.05, 0.1) is 6.61 Å². The standard InChI is InChI=1S/C8H10N2O2/c11-4-7-3-8(10-9-7)6-1-2-12-5-6/h3-4,6H,1-2,5H2,(H,9,10). The number of ether oxygens (including phenoxy) is 1. The van der Waals surface area contributed by atoms with Gasteiger partial charge in [0.15, 0.2) is 6.29 Å². The molecular weight excluding hydrogens is 156 g/mol. The van der Waals surface area contributed by atoms with Gasteiger partial charge in [-0.25, -0.2) is 0 Å². The summed E-state index contributed by atoms with van der Waals surface area (Å²) < 4.78 is 5.22. The number of carbonyl (C=O) groups is 1. The van der Waals surface area contributed by atoms with Crippen molar-refractivity contribution in [3.8, 4) is 0 Å². The summed E-state index contributed by atoms with van der Waals surface area (Å²) in [5.74, 6) is 0.395. The van der Waals surface area contributed by atoms with Crippen LogP contribution in [-0.2, 0) is 4.74 Å². The van der Waals surface area contributed by atoms with E-state index in [1.54, 1.807) is 6.07 Å². The fourth-order valence-corrected chi connectivity index (χ4v) is 1.40. The Morgan fingerprint density at radius 3 is 3.25 bits per heavy atom. The van der Waals surface area contributed by atoms with Crippen LogP contribution in [-0.4, -0.2) is 29.7 Å². The molecule has 1 aromatic heterocycles. The number of nitrogens with zero attached hydrogens (tertiary/aromatic N) is 1. The van der Waals surface area contributed by atoms with Crippen molar-refractivity contribution < 1.29 is 9.53 Å². The van der Waals surface area contributed by atoms with Crippen molar-refractivity contribution in [2.75, 3.05) is 13.2 Å². The number of hydrogen-bond acceptors (Lipinski definition) is 3. The SMILES string of the molecule is O=Cc1cc(C2CCOC2)[nH]n1. The van der Waals surface area contributed by atoms with Gasteiger partial charge in [-0.15, -0.1) is 0 Å². The fourth-order valence-electron chi connectivity index (χ4n) is 1.40. The number of hydrogen-bond donors (Lipinski definition) is 1. The van der Waals surface area contributed by atoms with Gasteiger partial charge in [0.25, 0.3) is 0 Å². The fraction of sp³-hybridized carbons (Fsp3) is 0.500. The van der Waals surface area contributed by atoms with Gasteiger partial charge in [-0.05, 0) is 12.5 Å².